The molecule has 1 aliphatic heterocycles. The molecule has 2 aromatic carbocycles. The topological polar surface area (TPSA) is 32.3 Å². The van der Waals surface area contributed by atoms with Gasteiger partial charge in [0.25, 0.3) is 0 Å². The second-order valence-corrected chi connectivity index (χ2v) is 6.20. The van der Waals surface area contributed by atoms with E-state index in [1.165, 1.54) is 13.0 Å². The number of amides is 1. The highest BCUT2D eigenvalue weighted by molar-refractivity contribution is 5.88. The molecule has 1 unspecified atom stereocenters. The van der Waals surface area contributed by atoms with Gasteiger partial charge in [-0.1, -0.05) is 24.3 Å². The van der Waals surface area contributed by atoms with E-state index in [0.717, 1.165) is 41.9 Å². The summed E-state index contributed by atoms with van der Waals surface area (Å²) in [4.78, 5) is 13.5. The van der Waals surface area contributed by atoms with Crippen LogP contribution in [-0.2, 0) is 11.3 Å². The van der Waals surface area contributed by atoms with Crippen LogP contribution < -0.4 is 5.32 Å². The molecule has 120 valence electrons. The van der Waals surface area contributed by atoms with Gasteiger partial charge in [0, 0.05) is 25.1 Å². The summed E-state index contributed by atoms with van der Waals surface area (Å²) in [5.74, 6) is -0.195. The van der Waals surface area contributed by atoms with Crippen molar-refractivity contribution >= 4 is 11.6 Å². The van der Waals surface area contributed by atoms with Gasteiger partial charge in [-0.2, -0.15) is 0 Å². The number of rotatable bonds is 2. The number of anilines is 1. The van der Waals surface area contributed by atoms with Gasteiger partial charge in [0.2, 0.25) is 5.91 Å². The first kappa shape index (κ1) is 15.7. The molecule has 0 aliphatic carbocycles. The van der Waals surface area contributed by atoms with Gasteiger partial charge in [0.05, 0.1) is 0 Å². The van der Waals surface area contributed by atoms with Crippen LogP contribution in [0.1, 0.15) is 36.0 Å². The van der Waals surface area contributed by atoms with Gasteiger partial charge in [0.15, 0.2) is 0 Å². The molecule has 3 nitrogen and oxygen atoms in total. The fourth-order valence-electron chi connectivity index (χ4n) is 3.32. The predicted octanol–water partition coefficient (Wildman–Crippen LogP) is 3.75. The Balaban J connectivity index is 2.05. The van der Waals surface area contributed by atoms with Crippen LogP contribution >= 0.6 is 0 Å². The first-order valence-corrected chi connectivity index (χ1v) is 7.88. The van der Waals surface area contributed by atoms with Crippen LogP contribution in [0.4, 0.5) is 10.1 Å². The van der Waals surface area contributed by atoms with Crippen LogP contribution in [0.2, 0.25) is 0 Å². The Morgan fingerprint density at radius 2 is 2.00 bits per heavy atom. The van der Waals surface area contributed by atoms with Crippen molar-refractivity contribution in [3.8, 4) is 0 Å². The first-order chi connectivity index (χ1) is 11.0. The van der Waals surface area contributed by atoms with Crippen molar-refractivity contribution in [2.45, 2.75) is 25.8 Å². The second kappa shape index (κ2) is 6.50. The lowest BCUT2D eigenvalue weighted by molar-refractivity contribution is -0.114. The summed E-state index contributed by atoms with van der Waals surface area (Å²) < 4.78 is 14.3. The summed E-state index contributed by atoms with van der Waals surface area (Å²) in [7, 11) is 2.07. The number of carbonyl (C=O) groups is 1. The lowest BCUT2D eigenvalue weighted by Crippen LogP contribution is -2.17. The van der Waals surface area contributed by atoms with Crippen LogP contribution in [0.15, 0.2) is 42.5 Å². The maximum absolute atomic E-state index is 14.3. The normalized spacial score (nSPS) is 18.1. The highest BCUT2D eigenvalue weighted by atomic mass is 19.1. The number of benzene rings is 2. The predicted molar refractivity (Wildman–Crippen MR) is 89.9 cm³/mol. The van der Waals surface area contributed by atoms with Crippen molar-refractivity contribution in [1.29, 1.82) is 0 Å². The van der Waals surface area contributed by atoms with Crippen molar-refractivity contribution in [3.63, 3.8) is 0 Å². The summed E-state index contributed by atoms with van der Waals surface area (Å²) in [6.07, 6.45) is 0.879. The van der Waals surface area contributed by atoms with Gasteiger partial charge in [-0.15, -0.1) is 0 Å². The quantitative estimate of drug-likeness (QED) is 0.916. The third kappa shape index (κ3) is 3.42. The molecule has 0 radical (unpaired) electrons. The largest absolute Gasteiger partial charge is 0.326 e. The summed E-state index contributed by atoms with van der Waals surface area (Å²) >= 11 is 0. The van der Waals surface area contributed by atoms with E-state index in [4.69, 9.17) is 0 Å². The van der Waals surface area contributed by atoms with Crippen LogP contribution in [0.5, 0.6) is 0 Å². The minimum absolute atomic E-state index is 0.0440. The number of fused-ring (bicyclic) bond motifs is 1. The average molecular weight is 312 g/mol. The molecule has 3 rings (SSSR count). The van der Waals surface area contributed by atoms with Crippen molar-refractivity contribution in [1.82, 2.24) is 4.90 Å². The lowest BCUT2D eigenvalue weighted by Gasteiger charge is -2.19. The number of halogens is 1. The number of hydrogen-bond donors (Lipinski definition) is 1. The van der Waals surface area contributed by atoms with Gasteiger partial charge in [-0.05, 0) is 54.9 Å². The third-order valence-corrected chi connectivity index (χ3v) is 4.36. The summed E-state index contributed by atoms with van der Waals surface area (Å²) in [6, 6.07) is 12.9. The summed E-state index contributed by atoms with van der Waals surface area (Å²) in [5, 5.41) is 2.82. The van der Waals surface area contributed by atoms with E-state index in [1.54, 1.807) is 6.07 Å². The molecule has 1 heterocycles. The van der Waals surface area contributed by atoms with E-state index in [0.29, 0.717) is 0 Å². The Bertz CT molecular complexity index is 729. The Hall–Kier alpha value is -2.20. The summed E-state index contributed by atoms with van der Waals surface area (Å²) in [6.45, 7) is 3.21. The monoisotopic (exact) mass is 312 g/mol. The van der Waals surface area contributed by atoms with Crippen LogP contribution in [0, 0.1) is 5.82 Å². The first-order valence-electron chi connectivity index (χ1n) is 7.88. The Morgan fingerprint density at radius 1 is 1.22 bits per heavy atom. The van der Waals surface area contributed by atoms with E-state index < -0.39 is 0 Å². The van der Waals surface area contributed by atoms with Gasteiger partial charge in [0.1, 0.15) is 5.82 Å². The zero-order chi connectivity index (χ0) is 16.4. The molecule has 0 bridgehead atoms. The smallest absolute Gasteiger partial charge is 0.221 e. The Morgan fingerprint density at radius 3 is 2.74 bits per heavy atom. The molecule has 2 aromatic rings. The summed E-state index contributed by atoms with van der Waals surface area (Å²) in [5.41, 5.74) is 3.83. The fraction of sp³-hybridized carbons (Fsp3) is 0.316. The highest BCUT2D eigenvalue weighted by Crippen LogP contribution is 2.36. The number of nitrogens with zero attached hydrogens (tertiary/aromatic N) is 1. The van der Waals surface area contributed by atoms with E-state index in [-0.39, 0.29) is 17.6 Å². The second-order valence-electron chi connectivity index (χ2n) is 6.20. The zero-order valence-corrected chi connectivity index (χ0v) is 13.5. The zero-order valence-electron chi connectivity index (χ0n) is 13.5. The Kier molecular flexibility index (Phi) is 4.44. The number of nitrogens with one attached hydrogen (secondary N) is 1. The van der Waals surface area contributed by atoms with Crippen molar-refractivity contribution < 1.29 is 9.18 Å². The molecule has 0 spiro atoms. The molecule has 1 atom stereocenters. The minimum atomic E-state index is -0.154. The molecule has 1 N–H and O–H groups in total. The van der Waals surface area contributed by atoms with Gasteiger partial charge < -0.3 is 10.2 Å². The number of hydrogen-bond acceptors (Lipinski definition) is 2. The molecular formula is C19H21FN2O. The SMILES string of the molecule is CC(=O)Nc1ccc2c(c1)CN(C)CCC2c1ccccc1F. The maximum atomic E-state index is 14.3. The Labute approximate surface area is 136 Å². The molecule has 1 aliphatic rings. The standard InChI is InChI=1S/C19H21FN2O/c1-13(23)21-15-7-8-16-14(11-15)12-22(2)10-9-17(16)18-5-3-4-6-19(18)20/h3-8,11,17H,9-10,12H2,1-2H3,(H,21,23). The number of carbonyl (C=O) groups excluding carboxylic acids is 1. The van der Waals surface area contributed by atoms with E-state index in [2.05, 4.69) is 17.3 Å². The van der Waals surface area contributed by atoms with Crippen LogP contribution in [0.3, 0.4) is 0 Å². The van der Waals surface area contributed by atoms with E-state index >= 15 is 0 Å². The van der Waals surface area contributed by atoms with Gasteiger partial charge in [-0.25, -0.2) is 4.39 Å². The minimum Gasteiger partial charge on any atom is -0.326 e. The molecular weight excluding hydrogens is 291 g/mol. The fourth-order valence-corrected chi connectivity index (χ4v) is 3.32. The average Bonchev–Trinajstić information content (AvgIpc) is 2.65. The molecule has 4 heteroatoms. The van der Waals surface area contributed by atoms with Gasteiger partial charge in [-0.3, -0.25) is 4.79 Å². The van der Waals surface area contributed by atoms with E-state index in [1.807, 2.05) is 30.3 Å². The van der Waals surface area contributed by atoms with Crippen LogP contribution in [0.25, 0.3) is 0 Å². The molecule has 23 heavy (non-hydrogen) atoms. The van der Waals surface area contributed by atoms with Gasteiger partial charge >= 0.3 is 0 Å². The maximum Gasteiger partial charge on any atom is 0.221 e. The highest BCUT2D eigenvalue weighted by Gasteiger charge is 2.24. The van der Waals surface area contributed by atoms with Crippen molar-refractivity contribution in [2.75, 3.05) is 18.9 Å². The molecule has 0 fully saturated rings. The molecule has 0 aromatic heterocycles. The molecule has 1 amide bonds. The van der Waals surface area contributed by atoms with E-state index in [9.17, 15) is 9.18 Å². The lowest BCUT2D eigenvalue weighted by atomic mass is 9.86. The molecule has 0 saturated carbocycles. The van der Waals surface area contributed by atoms with Crippen molar-refractivity contribution in [3.05, 3.63) is 65.0 Å². The van der Waals surface area contributed by atoms with Crippen molar-refractivity contribution in [2.24, 2.45) is 0 Å². The van der Waals surface area contributed by atoms with Crippen LogP contribution in [-0.4, -0.2) is 24.4 Å². The molecule has 0 saturated heterocycles. The third-order valence-electron chi connectivity index (χ3n) is 4.36.